The number of carbonyl (C=O) groups excluding carboxylic acids is 1. The number of aryl methyl sites for hydroxylation is 1. The van der Waals surface area contributed by atoms with Crippen molar-refractivity contribution >= 4 is 33.2 Å². The van der Waals surface area contributed by atoms with Gasteiger partial charge in [0.15, 0.2) is 0 Å². The van der Waals surface area contributed by atoms with E-state index in [4.69, 9.17) is 0 Å². The molecule has 0 atom stereocenters. The Morgan fingerprint density at radius 2 is 2.21 bits per heavy atom. The van der Waals surface area contributed by atoms with E-state index in [1.807, 2.05) is 12.3 Å². The molecule has 5 heteroatoms. The van der Waals surface area contributed by atoms with E-state index in [0.29, 0.717) is 18.5 Å². The molecule has 0 spiro atoms. The Labute approximate surface area is 123 Å². The van der Waals surface area contributed by atoms with Crippen LogP contribution in [0.3, 0.4) is 0 Å². The maximum absolute atomic E-state index is 12.9. The maximum atomic E-state index is 12.9. The molecule has 1 N–H and O–H groups in total. The summed E-state index contributed by atoms with van der Waals surface area (Å²) in [5, 5.41) is 4.66. The number of carbonyl (C=O) groups is 1. The first kappa shape index (κ1) is 14.2. The fraction of sp³-hybridized carbons (Fsp3) is 0.214. The Kier molecular flexibility index (Phi) is 4.71. The van der Waals surface area contributed by atoms with Crippen molar-refractivity contribution in [2.45, 2.75) is 13.3 Å². The number of hydrogen-bond acceptors (Lipinski definition) is 2. The molecule has 1 aromatic carbocycles. The predicted octanol–water partition coefficient (Wildman–Crippen LogP) is 3.93. The highest BCUT2D eigenvalue weighted by atomic mass is 79.9. The van der Waals surface area contributed by atoms with E-state index in [0.717, 1.165) is 14.9 Å². The first-order valence-corrected chi connectivity index (χ1v) is 7.51. The number of amides is 1. The minimum absolute atomic E-state index is 0.0817. The van der Waals surface area contributed by atoms with Gasteiger partial charge < -0.3 is 5.32 Å². The van der Waals surface area contributed by atoms with Crippen LogP contribution in [0.2, 0.25) is 0 Å². The standard InChI is InChI=1S/C14H13BrFNOS/c1-9-6-12(16)3-2-10(9)4-5-17-14(18)11-7-13(15)19-8-11/h2-3,6-8H,4-5H2,1H3,(H,17,18). The second-order valence-corrected chi connectivity index (χ2v) is 6.51. The molecule has 1 amide bonds. The van der Waals surface area contributed by atoms with Crippen molar-refractivity contribution in [1.29, 1.82) is 0 Å². The van der Waals surface area contributed by atoms with Crippen LogP contribution in [0, 0.1) is 12.7 Å². The van der Waals surface area contributed by atoms with Gasteiger partial charge in [0.1, 0.15) is 5.82 Å². The van der Waals surface area contributed by atoms with Crippen LogP contribution in [0.5, 0.6) is 0 Å². The summed E-state index contributed by atoms with van der Waals surface area (Å²) in [6.45, 7) is 2.41. The van der Waals surface area contributed by atoms with Crippen LogP contribution in [0.25, 0.3) is 0 Å². The summed E-state index contributed by atoms with van der Waals surface area (Å²) in [6, 6.07) is 6.51. The normalized spacial score (nSPS) is 10.5. The fourth-order valence-corrected chi connectivity index (χ4v) is 2.92. The highest BCUT2D eigenvalue weighted by Gasteiger charge is 2.07. The Bertz CT molecular complexity index is 597. The molecular weight excluding hydrogens is 329 g/mol. The first-order chi connectivity index (χ1) is 9.06. The topological polar surface area (TPSA) is 29.1 Å². The summed E-state index contributed by atoms with van der Waals surface area (Å²) in [5.74, 6) is -0.310. The zero-order valence-electron chi connectivity index (χ0n) is 10.4. The third-order valence-corrected chi connectivity index (χ3v) is 4.32. The van der Waals surface area contributed by atoms with E-state index >= 15 is 0 Å². The quantitative estimate of drug-likeness (QED) is 0.896. The van der Waals surface area contributed by atoms with Crippen LogP contribution in [0.1, 0.15) is 21.5 Å². The molecule has 0 aliphatic heterocycles. The third kappa shape index (κ3) is 3.88. The number of hydrogen-bond donors (Lipinski definition) is 1. The number of halogens is 2. The second kappa shape index (κ2) is 6.30. The van der Waals surface area contributed by atoms with Gasteiger partial charge in [0.2, 0.25) is 0 Å². The van der Waals surface area contributed by atoms with Crippen LogP contribution in [0.4, 0.5) is 4.39 Å². The number of benzene rings is 1. The highest BCUT2D eigenvalue weighted by Crippen LogP contribution is 2.20. The van der Waals surface area contributed by atoms with Gasteiger partial charge in [0.05, 0.1) is 9.35 Å². The Balaban J connectivity index is 1.88. The van der Waals surface area contributed by atoms with Crippen LogP contribution >= 0.6 is 27.3 Å². The van der Waals surface area contributed by atoms with E-state index in [-0.39, 0.29) is 11.7 Å². The molecule has 19 heavy (non-hydrogen) atoms. The van der Waals surface area contributed by atoms with Crippen LogP contribution in [-0.2, 0) is 6.42 Å². The second-order valence-electron chi connectivity index (χ2n) is 4.22. The monoisotopic (exact) mass is 341 g/mol. The summed E-state index contributed by atoms with van der Waals surface area (Å²) >= 11 is 4.81. The van der Waals surface area contributed by atoms with E-state index in [1.54, 1.807) is 12.1 Å². The van der Waals surface area contributed by atoms with E-state index in [9.17, 15) is 9.18 Å². The van der Waals surface area contributed by atoms with Crippen molar-refractivity contribution in [3.8, 4) is 0 Å². The maximum Gasteiger partial charge on any atom is 0.252 e. The summed E-state index contributed by atoms with van der Waals surface area (Å²) in [5.41, 5.74) is 2.62. The van der Waals surface area contributed by atoms with Crippen molar-refractivity contribution < 1.29 is 9.18 Å². The van der Waals surface area contributed by atoms with Crippen molar-refractivity contribution in [2.24, 2.45) is 0 Å². The molecular formula is C14H13BrFNOS. The van der Waals surface area contributed by atoms with Gasteiger partial charge in [-0.1, -0.05) is 6.07 Å². The molecule has 2 aromatic rings. The van der Waals surface area contributed by atoms with Gasteiger partial charge >= 0.3 is 0 Å². The molecule has 1 heterocycles. The summed E-state index contributed by atoms with van der Waals surface area (Å²) < 4.78 is 13.9. The molecule has 0 fully saturated rings. The van der Waals surface area contributed by atoms with Crippen molar-refractivity contribution in [3.05, 3.63) is 55.9 Å². The van der Waals surface area contributed by atoms with Gasteiger partial charge in [-0.25, -0.2) is 4.39 Å². The summed E-state index contributed by atoms with van der Waals surface area (Å²) in [4.78, 5) is 11.8. The zero-order chi connectivity index (χ0) is 13.8. The van der Waals surface area contributed by atoms with Gasteiger partial charge in [0.25, 0.3) is 5.91 Å². The lowest BCUT2D eigenvalue weighted by atomic mass is 10.1. The van der Waals surface area contributed by atoms with Gasteiger partial charge in [-0.2, -0.15) is 0 Å². The molecule has 0 radical (unpaired) electrons. The Hall–Kier alpha value is -1.20. The van der Waals surface area contributed by atoms with Crippen LogP contribution in [0.15, 0.2) is 33.4 Å². The highest BCUT2D eigenvalue weighted by molar-refractivity contribution is 9.11. The lowest BCUT2D eigenvalue weighted by molar-refractivity contribution is 0.0954. The molecule has 0 unspecified atom stereocenters. The molecule has 2 rings (SSSR count). The minimum Gasteiger partial charge on any atom is -0.352 e. The minimum atomic E-state index is -0.228. The molecule has 100 valence electrons. The Morgan fingerprint density at radius 1 is 1.42 bits per heavy atom. The average Bonchev–Trinajstić information content (AvgIpc) is 2.78. The number of rotatable bonds is 4. The zero-order valence-corrected chi connectivity index (χ0v) is 12.8. The lowest BCUT2D eigenvalue weighted by Gasteiger charge is -2.07. The van der Waals surface area contributed by atoms with Crippen molar-refractivity contribution in [2.75, 3.05) is 6.54 Å². The van der Waals surface area contributed by atoms with Crippen LogP contribution < -0.4 is 5.32 Å². The fourth-order valence-electron chi connectivity index (χ4n) is 1.78. The van der Waals surface area contributed by atoms with Crippen molar-refractivity contribution in [1.82, 2.24) is 5.32 Å². The van der Waals surface area contributed by atoms with E-state index < -0.39 is 0 Å². The predicted molar refractivity (Wildman–Crippen MR) is 79.2 cm³/mol. The molecule has 1 aromatic heterocycles. The largest absolute Gasteiger partial charge is 0.352 e. The number of thiophene rings is 1. The average molecular weight is 342 g/mol. The van der Waals surface area contributed by atoms with Gasteiger partial charge in [-0.15, -0.1) is 11.3 Å². The third-order valence-electron chi connectivity index (χ3n) is 2.81. The molecule has 0 saturated carbocycles. The lowest BCUT2D eigenvalue weighted by Crippen LogP contribution is -2.25. The molecule has 0 saturated heterocycles. The van der Waals surface area contributed by atoms with Gasteiger partial charge in [-0.05, 0) is 58.6 Å². The molecule has 0 bridgehead atoms. The summed E-state index contributed by atoms with van der Waals surface area (Å²) in [6.07, 6.45) is 0.698. The number of nitrogens with one attached hydrogen (secondary N) is 1. The molecule has 2 nitrogen and oxygen atoms in total. The van der Waals surface area contributed by atoms with Gasteiger partial charge in [-0.3, -0.25) is 4.79 Å². The SMILES string of the molecule is Cc1cc(F)ccc1CCNC(=O)c1csc(Br)c1. The molecule has 0 aliphatic rings. The Morgan fingerprint density at radius 3 is 2.84 bits per heavy atom. The summed E-state index contributed by atoms with van der Waals surface area (Å²) in [7, 11) is 0. The van der Waals surface area contributed by atoms with Crippen LogP contribution in [-0.4, -0.2) is 12.5 Å². The van der Waals surface area contributed by atoms with Crippen molar-refractivity contribution in [3.63, 3.8) is 0 Å². The van der Waals surface area contributed by atoms with E-state index in [2.05, 4.69) is 21.2 Å². The molecule has 0 aliphatic carbocycles. The smallest absolute Gasteiger partial charge is 0.252 e. The van der Waals surface area contributed by atoms with Gasteiger partial charge in [0, 0.05) is 11.9 Å². The first-order valence-electron chi connectivity index (χ1n) is 5.83. The van der Waals surface area contributed by atoms with E-state index in [1.165, 1.54) is 23.5 Å².